The van der Waals surface area contributed by atoms with Gasteiger partial charge in [0.15, 0.2) is 5.82 Å². The lowest BCUT2D eigenvalue weighted by Crippen LogP contribution is -2.43. The van der Waals surface area contributed by atoms with Crippen LogP contribution in [0.25, 0.3) is 11.4 Å². The summed E-state index contributed by atoms with van der Waals surface area (Å²) in [5.41, 5.74) is 0.857. The minimum absolute atomic E-state index is 0.0526. The zero-order valence-electron chi connectivity index (χ0n) is 18.3. The van der Waals surface area contributed by atoms with Crippen LogP contribution in [0.5, 0.6) is 0 Å². The summed E-state index contributed by atoms with van der Waals surface area (Å²) in [6.07, 6.45) is 5.60. The van der Waals surface area contributed by atoms with E-state index in [1.165, 1.54) is 17.4 Å². The van der Waals surface area contributed by atoms with E-state index in [0.29, 0.717) is 30.2 Å². The van der Waals surface area contributed by atoms with Crippen molar-refractivity contribution in [3.63, 3.8) is 0 Å². The Morgan fingerprint density at radius 2 is 2.00 bits per heavy atom. The van der Waals surface area contributed by atoms with Crippen molar-refractivity contribution in [2.45, 2.75) is 45.1 Å². The number of thiophene rings is 1. The first-order chi connectivity index (χ1) is 16.1. The van der Waals surface area contributed by atoms with E-state index in [9.17, 15) is 14.0 Å². The average Bonchev–Trinajstić information content (AvgIpc) is 3.46. The van der Waals surface area contributed by atoms with Crippen LogP contribution in [0.1, 0.15) is 47.6 Å². The molecule has 4 heterocycles. The molecule has 2 amide bonds. The number of likely N-dealkylation sites (tertiary alicyclic amines) is 1. The van der Waals surface area contributed by atoms with E-state index in [1.54, 1.807) is 23.1 Å². The number of rotatable bonds is 4. The van der Waals surface area contributed by atoms with E-state index in [0.717, 1.165) is 50.0 Å². The zero-order chi connectivity index (χ0) is 22.8. The predicted octanol–water partition coefficient (Wildman–Crippen LogP) is 4.36. The first-order valence-corrected chi connectivity index (χ1v) is 12.3. The molecule has 1 saturated heterocycles. The number of aryl methyl sites for hydroxylation is 1. The molecule has 0 aliphatic carbocycles. The Labute approximate surface area is 195 Å². The second-order valence-electron chi connectivity index (χ2n) is 8.65. The number of benzene rings is 1. The van der Waals surface area contributed by atoms with Crippen molar-refractivity contribution in [1.82, 2.24) is 19.7 Å². The fourth-order valence-corrected chi connectivity index (χ4v) is 5.32. The van der Waals surface area contributed by atoms with Gasteiger partial charge in [-0.2, -0.15) is 0 Å². The third-order valence-electron chi connectivity index (χ3n) is 6.40. The number of carbonyl (C=O) groups is 2. The van der Waals surface area contributed by atoms with Gasteiger partial charge in [0.2, 0.25) is 5.91 Å². The molecule has 0 bridgehead atoms. The van der Waals surface area contributed by atoms with Gasteiger partial charge in [0.05, 0.1) is 16.5 Å². The molecule has 1 N–H and O–H groups in total. The van der Waals surface area contributed by atoms with Gasteiger partial charge in [-0.15, -0.1) is 21.5 Å². The number of nitrogens with one attached hydrogen (secondary N) is 1. The molecule has 0 spiro atoms. The van der Waals surface area contributed by atoms with E-state index < -0.39 is 5.82 Å². The van der Waals surface area contributed by atoms with E-state index in [-0.39, 0.29) is 23.4 Å². The molecular formula is C24H26FN5O2S. The van der Waals surface area contributed by atoms with Gasteiger partial charge in [0.25, 0.3) is 5.91 Å². The topological polar surface area (TPSA) is 80.1 Å². The molecule has 2 aromatic heterocycles. The first kappa shape index (κ1) is 21.8. The van der Waals surface area contributed by atoms with E-state index in [1.807, 2.05) is 11.4 Å². The number of piperidine rings is 1. The number of nitrogens with zero attached hydrogens (tertiary/aromatic N) is 4. The molecule has 9 heteroatoms. The van der Waals surface area contributed by atoms with Crippen LogP contribution in [0, 0.1) is 11.7 Å². The molecule has 1 fully saturated rings. The standard InChI is InChI=1S/C24H26FN5O2S/c25-18-10-9-16(22-28-27-21-8-2-1-3-12-30(21)22)14-19(18)26-23(31)17-6-4-11-29(15-17)24(32)20-7-5-13-33-20/h5,7,9-10,13-14,17H,1-4,6,8,11-12,15H2,(H,26,31). The summed E-state index contributed by atoms with van der Waals surface area (Å²) in [6, 6.07) is 8.30. The summed E-state index contributed by atoms with van der Waals surface area (Å²) < 4.78 is 16.7. The Balaban J connectivity index is 1.32. The number of hydrogen-bond donors (Lipinski definition) is 1. The lowest BCUT2D eigenvalue weighted by molar-refractivity contribution is -0.121. The van der Waals surface area contributed by atoms with Gasteiger partial charge in [-0.3, -0.25) is 9.59 Å². The summed E-state index contributed by atoms with van der Waals surface area (Å²) in [6.45, 7) is 1.80. The summed E-state index contributed by atoms with van der Waals surface area (Å²) in [5, 5.41) is 13.3. The number of amides is 2. The second-order valence-corrected chi connectivity index (χ2v) is 9.60. The minimum atomic E-state index is -0.495. The lowest BCUT2D eigenvalue weighted by atomic mass is 9.96. The maximum absolute atomic E-state index is 14.6. The van der Waals surface area contributed by atoms with Crippen LogP contribution in [-0.4, -0.2) is 44.6 Å². The third kappa shape index (κ3) is 4.55. The van der Waals surface area contributed by atoms with Gasteiger partial charge < -0.3 is 14.8 Å². The highest BCUT2D eigenvalue weighted by molar-refractivity contribution is 7.12. The average molecular weight is 468 g/mol. The molecule has 1 atom stereocenters. The summed E-state index contributed by atoms with van der Waals surface area (Å²) >= 11 is 1.40. The Morgan fingerprint density at radius 3 is 2.85 bits per heavy atom. The molecule has 172 valence electrons. The van der Waals surface area contributed by atoms with E-state index in [4.69, 9.17) is 0 Å². The van der Waals surface area contributed by atoms with Crippen LogP contribution < -0.4 is 5.32 Å². The Bertz CT molecular complexity index is 1160. The summed E-state index contributed by atoms with van der Waals surface area (Å²) in [7, 11) is 0. The minimum Gasteiger partial charge on any atom is -0.337 e. The van der Waals surface area contributed by atoms with Crippen molar-refractivity contribution in [3.05, 3.63) is 52.2 Å². The Morgan fingerprint density at radius 1 is 1.09 bits per heavy atom. The molecule has 3 aromatic rings. The molecule has 2 aliphatic rings. The van der Waals surface area contributed by atoms with Crippen LogP contribution >= 0.6 is 11.3 Å². The van der Waals surface area contributed by atoms with Gasteiger partial charge in [-0.05, 0) is 55.3 Å². The zero-order valence-corrected chi connectivity index (χ0v) is 19.1. The SMILES string of the molecule is O=C(Nc1cc(-c2nnc3n2CCCCC3)ccc1F)C1CCCN(C(=O)c2cccs2)C1. The second kappa shape index (κ2) is 9.43. The van der Waals surface area contributed by atoms with Gasteiger partial charge in [0.1, 0.15) is 11.6 Å². The molecule has 7 nitrogen and oxygen atoms in total. The van der Waals surface area contributed by atoms with Gasteiger partial charge in [-0.25, -0.2) is 4.39 Å². The normalized spacial score (nSPS) is 18.5. The molecule has 0 saturated carbocycles. The monoisotopic (exact) mass is 467 g/mol. The van der Waals surface area contributed by atoms with Crippen LogP contribution in [-0.2, 0) is 17.8 Å². The van der Waals surface area contributed by atoms with E-state index in [2.05, 4.69) is 20.1 Å². The van der Waals surface area contributed by atoms with E-state index >= 15 is 0 Å². The summed E-state index contributed by atoms with van der Waals surface area (Å²) in [5.74, 6) is 0.459. The molecule has 1 unspecified atom stereocenters. The van der Waals surface area contributed by atoms with Crippen molar-refractivity contribution < 1.29 is 14.0 Å². The number of hydrogen-bond acceptors (Lipinski definition) is 5. The maximum Gasteiger partial charge on any atom is 0.263 e. The Kier molecular flexibility index (Phi) is 6.22. The van der Waals surface area contributed by atoms with Crippen LogP contribution in [0.15, 0.2) is 35.7 Å². The summed E-state index contributed by atoms with van der Waals surface area (Å²) in [4.78, 5) is 28.1. The lowest BCUT2D eigenvalue weighted by Gasteiger charge is -2.31. The number of anilines is 1. The van der Waals surface area contributed by atoms with Crippen molar-refractivity contribution in [2.75, 3.05) is 18.4 Å². The maximum atomic E-state index is 14.6. The number of aromatic nitrogens is 3. The highest BCUT2D eigenvalue weighted by Crippen LogP contribution is 2.28. The fraction of sp³-hybridized carbons (Fsp3) is 0.417. The largest absolute Gasteiger partial charge is 0.337 e. The number of carbonyl (C=O) groups excluding carboxylic acids is 2. The van der Waals surface area contributed by atoms with Crippen LogP contribution in [0.2, 0.25) is 0 Å². The highest BCUT2D eigenvalue weighted by Gasteiger charge is 2.30. The van der Waals surface area contributed by atoms with Gasteiger partial charge in [-0.1, -0.05) is 12.5 Å². The van der Waals surface area contributed by atoms with Crippen molar-refractivity contribution in [2.24, 2.45) is 5.92 Å². The van der Waals surface area contributed by atoms with Crippen LogP contribution in [0.3, 0.4) is 0 Å². The fourth-order valence-electron chi connectivity index (χ4n) is 4.63. The molecule has 0 radical (unpaired) electrons. The number of fused-ring (bicyclic) bond motifs is 1. The first-order valence-electron chi connectivity index (χ1n) is 11.5. The smallest absolute Gasteiger partial charge is 0.263 e. The van der Waals surface area contributed by atoms with Gasteiger partial charge in [0, 0.05) is 31.6 Å². The van der Waals surface area contributed by atoms with Crippen molar-refractivity contribution in [3.8, 4) is 11.4 Å². The number of halogens is 1. The molecule has 2 aliphatic heterocycles. The molecular weight excluding hydrogens is 441 g/mol. The molecule has 1 aromatic carbocycles. The molecule has 33 heavy (non-hydrogen) atoms. The third-order valence-corrected chi connectivity index (χ3v) is 7.26. The van der Waals surface area contributed by atoms with Crippen LogP contribution in [0.4, 0.5) is 10.1 Å². The molecule has 5 rings (SSSR count). The quantitative estimate of drug-likeness (QED) is 0.618. The van der Waals surface area contributed by atoms with Gasteiger partial charge >= 0.3 is 0 Å². The Hall–Kier alpha value is -3.07. The van der Waals surface area contributed by atoms with Crippen molar-refractivity contribution in [1.29, 1.82) is 0 Å². The predicted molar refractivity (Wildman–Crippen MR) is 125 cm³/mol. The highest BCUT2D eigenvalue weighted by atomic mass is 32.1. The van der Waals surface area contributed by atoms with Crippen molar-refractivity contribution >= 4 is 28.8 Å².